The molecule has 0 saturated heterocycles. The van der Waals surface area contributed by atoms with Crippen molar-refractivity contribution in [3.8, 4) is 5.75 Å². The molecule has 0 unspecified atom stereocenters. The van der Waals surface area contributed by atoms with E-state index in [1.54, 1.807) is 12.1 Å². The molecule has 0 aliphatic heterocycles. The summed E-state index contributed by atoms with van der Waals surface area (Å²) in [6, 6.07) is 19.0. The van der Waals surface area contributed by atoms with Gasteiger partial charge in [0.05, 0.1) is 4.47 Å². The van der Waals surface area contributed by atoms with Gasteiger partial charge in [0, 0.05) is 0 Å². The summed E-state index contributed by atoms with van der Waals surface area (Å²) < 4.78 is 19.4. The van der Waals surface area contributed by atoms with Gasteiger partial charge < -0.3 is 4.74 Å². The predicted molar refractivity (Wildman–Crippen MR) is 82.4 cm³/mol. The van der Waals surface area contributed by atoms with E-state index in [1.165, 1.54) is 11.5 Å². The lowest BCUT2D eigenvalue weighted by atomic mass is 10.1. The Morgan fingerprint density at radius 2 is 1.70 bits per heavy atom. The van der Waals surface area contributed by atoms with Crippen molar-refractivity contribution in [3.05, 3.63) is 76.5 Å². The second-order valence-electron chi connectivity index (χ2n) is 4.55. The van der Waals surface area contributed by atoms with Crippen molar-refractivity contribution >= 4 is 26.7 Å². The summed E-state index contributed by atoms with van der Waals surface area (Å²) >= 11 is 3.17. The molecule has 0 bridgehead atoms. The van der Waals surface area contributed by atoms with E-state index in [2.05, 4.69) is 28.1 Å². The third-order valence-corrected chi connectivity index (χ3v) is 3.72. The van der Waals surface area contributed by atoms with Crippen LogP contribution in [0.4, 0.5) is 4.39 Å². The van der Waals surface area contributed by atoms with Crippen LogP contribution in [0.5, 0.6) is 5.75 Å². The van der Waals surface area contributed by atoms with Gasteiger partial charge >= 0.3 is 0 Å². The van der Waals surface area contributed by atoms with Gasteiger partial charge in [-0.05, 0) is 56.5 Å². The number of rotatable bonds is 3. The molecule has 0 aliphatic rings. The van der Waals surface area contributed by atoms with Crippen LogP contribution in [0.1, 0.15) is 5.56 Å². The maximum absolute atomic E-state index is 13.1. The standard InChI is InChI=1S/C17H12BrFO/c18-16-9-12(5-8-17(16)19)11-20-15-7-6-13-3-1-2-4-14(13)10-15/h1-10H,11H2. The number of ether oxygens (including phenoxy) is 1. The molecule has 3 heteroatoms. The first-order chi connectivity index (χ1) is 9.72. The molecule has 1 nitrogen and oxygen atoms in total. The molecule has 0 fully saturated rings. The first-order valence-electron chi connectivity index (χ1n) is 6.28. The Kier molecular flexibility index (Phi) is 3.70. The molecule has 100 valence electrons. The highest BCUT2D eigenvalue weighted by atomic mass is 79.9. The van der Waals surface area contributed by atoms with E-state index < -0.39 is 0 Å². The zero-order valence-electron chi connectivity index (χ0n) is 10.6. The van der Waals surface area contributed by atoms with Crippen molar-refractivity contribution in [3.63, 3.8) is 0 Å². The van der Waals surface area contributed by atoms with Crippen LogP contribution in [0.2, 0.25) is 0 Å². The maximum Gasteiger partial charge on any atom is 0.137 e. The zero-order valence-corrected chi connectivity index (χ0v) is 12.2. The minimum absolute atomic E-state index is 0.264. The lowest BCUT2D eigenvalue weighted by Crippen LogP contribution is -1.96. The number of benzene rings is 3. The highest BCUT2D eigenvalue weighted by Crippen LogP contribution is 2.22. The fourth-order valence-corrected chi connectivity index (χ4v) is 2.48. The Bertz CT molecular complexity index is 755. The van der Waals surface area contributed by atoms with Crippen molar-refractivity contribution < 1.29 is 9.13 Å². The van der Waals surface area contributed by atoms with Crippen molar-refractivity contribution in [2.75, 3.05) is 0 Å². The average molecular weight is 331 g/mol. The van der Waals surface area contributed by atoms with Gasteiger partial charge in [0.15, 0.2) is 0 Å². The normalized spacial score (nSPS) is 10.7. The maximum atomic E-state index is 13.1. The third kappa shape index (κ3) is 2.83. The van der Waals surface area contributed by atoms with Crippen LogP contribution in [0, 0.1) is 5.82 Å². The predicted octanol–water partition coefficient (Wildman–Crippen LogP) is 5.32. The highest BCUT2D eigenvalue weighted by molar-refractivity contribution is 9.10. The Morgan fingerprint density at radius 3 is 2.50 bits per heavy atom. The molecule has 0 saturated carbocycles. The van der Waals surface area contributed by atoms with Gasteiger partial charge in [-0.2, -0.15) is 0 Å². The zero-order chi connectivity index (χ0) is 13.9. The van der Waals surface area contributed by atoms with Gasteiger partial charge in [-0.3, -0.25) is 0 Å². The molecule has 0 amide bonds. The Hall–Kier alpha value is -1.87. The largest absolute Gasteiger partial charge is 0.489 e. The molecule has 0 spiro atoms. The Balaban J connectivity index is 1.77. The molecule has 0 radical (unpaired) electrons. The van der Waals surface area contributed by atoms with Gasteiger partial charge in [0.25, 0.3) is 0 Å². The highest BCUT2D eigenvalue weighted by Gasteiger charge is 2.02. The summed E-state index contributed by atoms with van der Waals surface area (Å²) in [6.45, 7) is 0.414. The minimum atomic E-state index is -0.264. The van der Waals surface area contributed by atoms with Crippen LogP contribution in [-0.4, -0.2) is 0 Å². The second-order valence-corrected chi connectivity index (χ2v) is 5.40. The van der Waals surface area contributed by atoms with Crippen LogP contribution in [-0.2, 0) is 6.61 Å². The van der Waals surface area contributed by atoms with E-state index in [9.17, 15) is 4.39 Å². The summed E-state index contributed by atoms with van der Waals surface area (Å²) in [5.41, 5.74) is 0.923. The fourth-order valence-electron chi connectivity index (χ4n) is 2.05. The topological polar surface area (TPSA) is 9.23 Å². The van der Waals surface area contributed by atoms with Crippen LogP contribution in [0.25, 0.3) is 10.8 Å². The third-order valence-electron chi connectivity index (χ3n) is 3.11. The van der Waals surface area contributed by atoms with Crippen molar-refractivity contribution in [2.24, 2.45) is 0 Å². The molecule has 3 rings (SSSR count). The molecular formula is C17H12BrFO. The SMILES string of the molecule is Fc1ccc(COc2ccc3ccccc3c2)cc1Br. The van der Waals surface area contributed by atoms with E-state index in [4.69, 9.17) is 4.74 Å². The van der Waals surface area contributed by atoms with E-state index in [1.807, 2.05) is 30.3 Å². The van der Waals surface area contributed by atoms with Crippen LogP contribution < -0.4 is 4.74 Å². The summed E-state index contributed by atoms with van der Waals surface area (Å²) in [5, 5.41) is 2.33. The first kappa shape index (κ1) is 13.1. The van der Waals surface area contributed by atoms with Crippen molar-refractivity contribution in [2.45, 2.75) is 6.61 Å². The molecule has 3 aromatic rings. The lowest BCUT2D eigenvalue weighted by Gasteiger charge is -2.08. The molecule has 0 N–H and O–H groups in total. The van der Waals surface area contributed by atoms with E-state index in [0.717, 1.165) is 16.7 Å². The van der Waals surface area contributed by atoms with Crippen LogP contribution in [0.15, 0.2) is 65.1 Å². The average Bonchev–Trinajstić information content (AvgIpc) is 2.48. The van der Waals surface area contributed by atoms with Gasteiger partial charge in [0.1, 0.15) is 18.2 Å². The molecule has 0 aliphatic carbocycles. The van der Waals surface area contributed by atoms with Crippen LogP contribution >= 0.6 is 15.9 Å². The molecule has 20 heavy (non-hydrogen) atoms. The van der Waals surface area contributed by atoms with E-state index in [0.29, 0.717) is 11.1 Å². The number of halogens is 2. The number of fused-ring (bicyclic) bond motifs is 1. The number of hydrogen-bond acceptors (Lipinski definition) is 1. The summed E-state index contributed by atoms with van der Waals surface area (Å²) in [5.74, 6) is 0.545. The van der Waals surface area contributed by atoms with Gasteiger partial charge in [-0.25, -0.2) is 4.39 Å². The van der Waals surface area contributed by atoms with E-state index in [-0.39, 0.29) is 5.82 Å². The summed E-state index contributed by atoms with van der Waals surface area (Å²) in [6.07, 6.45) is 0. The molecule has 0 atom stereocenters. The van der Waals surface area contributed by atoms with Gasteiger partial charge in [0.2, 0.25) is 0 Å². The van der Waals surface area contributed by atoms with Gasteiger partial charge in [-0.15, -0.1) is 0 Å². The van der Waals surface area contributed by atoms with Crippen molar-refractivity contribution in [1.82, 2.24) is 0 Å². The first-order valence-corrected chi connectivity index (χ1v) is 7.07. The van der Waals surface area contributed by atoms with Crippen LogP contribution in [0.3, 0.4) is 0 Å². The minimum Gasteiger partial charge on any atom is -0.489 e. The second kappa shape index (κ2) is 5.63. The van der Waals surface area contributed by atoms with Crippen molar-refractivity contribution in [1.29, 1.82) is 0 Å². The Morgan fingerprint density at radius 1 is 0.900 bits per heavy atom. The summed E-state index contributed by atoms with van der Waals surface area (Å²) in [4.78, 5) is 0. The summed E-state index contributed by atoms with van der Waals surface area (Å²) in [7, 11) is 0. The quantitative estimate of drug-likeness (QED) is 0.631. The lowest BCUT2D eigenvalue weighted by molar-refractivity contribution is 0.306. The monoisotopic (exact) mass is 330 g/mol. The molecule has 0 aromatic heterocycles. The van der Waals surface area contributed by atoms with E-state index >= 15 is 0 Å². The van der Waals surface area contributed by atoms with Gasteiger partial charge in [-0.1, -0.05) is 36.4 Å². The molecular weight excluding hydrogens is 319 g/mol. The Labute approximate surface area is 125 Å². The molecule has 0 heterocycles. The molecule has 3 aromatic carbocycles. The number of hydrogen-bond donors (Lipinski definition) is 0. The smallest absolute Gasteiger partial charge is 0.137 e. The fraction of sp³-hybridized carbons (Fsp3) is 0.0588.